The van der Waals surface area contributed by atoms with Crippen LogP contribution in [0.4, 0.5) is 34.1 Å². The molecular weight excluding hydrogens is 474 g/mol. The van der Waals surface area contributed by atoms with E-state index in [4.69, 9.17) is 11.5 Å². The van der Waals surface area contributed by atoms with Crippen LogP contribution < -0.4 is 21.7 Å². The maximum absolute atomic E-state index is 14.2. The van der Waals surface area contributed by atoms with E-state index in [1.807, 2.05) is 4.90 Å². The molecule has 0 saturated carbocycles. The van der Waals surface area contributed by atoms with Gasteiger partial charge in [-0.15, -0.1) is 0 Å². The molecule has 5 N–H and O–H groups in total. The molecule has 34 heavy (non-hydrogen) atoms. The number of amides is 1. The predicted molar refractivity (Wildman–Crippen MR) is 122 cm³/mol. The van der Waals surface area contributed by atoms with E-state index in [2.05, 4.69) is 15.4 Å². The number of aromatic nitrogens is 3. The molecule has 0 spiro atoms. The van der Waals surface area contributed by atoms with Crippen LogP contribution in [-0.2, 0) is 6.54 Å². The molecule has 1 atom stereocenters. The fraction of sp³-hybridized carbons (Fsp3) is 0.381. The molecule has 1 fully saturated rings. The number of carbonyl (C=O) groups excluding carboxylic acids is 1. The number of nitrogen functional groups attached to an aromatic ring is 1. The lowest BCUT2D eigenvalue weighted by Crippen LogP contribution is -2.37. The molecule has 1 aliphatic rings. The van der Waals surface area contributed by atoms with Crippen LogP contribution in [0, 0.1) is 11.6 Å². The molecule has 2 aromatic heterocycles. The van der Waals surface area contributed by atoms with Crippen molar-refractivity contribution in [1.82, 2.24) is 14.8 Å². The van der Waals surface area contributed by atoms with Crippen molar-refractivity contribution < 1.29 is 22.4 Å². The number of anilines is 3. The topological polar surface area (TPSA) is 115 Å². The summed E-state index contributed by atoms with van der Waals surface area (Å²) in [6.07, 6.45) is 1.11. The second-order valence-corrected chi connectivity index (χ2v) is 8.97. The third kappa shape index (κ3) is 4.99. The van der Waals surface area contributed by atoms with Crippen molar-refractivity contribution in [2.75, 3.05) is 29.0 Å². The molecule has 0 aliphatic carbocycles. The highest BCUT2D eigenvalue weighted by molar-refractivity contribution is 7.19. The van der Waals surface area contributed by atoms with Crippen molar-refractivity contribution in [3.63, 3.8) is 0 Å². The zero-order valence-electron chi connectivity index (χ0n) is 18.0. The minimum absolute atomic E-state index is 0.0477. The van der Waals surface area contributed by atoms with Crippen molar-refractivity contribution in [3.05, 3.63) is 41.7 Å². The molecule has 0 radical (unpaired) electrons. The summed E-state index contributed by atoms with van der Waals surface area (Å²) in [6.45, 7) is 0.306. The number of carbonyl (C=O) groups is 1. The van der Waals surface area contributed by atoms with Gasteiger partial charge in [-0.3, -0.25) is 4.79 Å². The van der Waals surface area contributed by atoms with E-state index in [0.29, 0.717) is 18.9 Å². The maximum Gasteiger partial charge on any atom is 0.277 e. The van der Waals surface area contributed by atoms with Gasteiger partial charge in [-0.25, -0.2) is 27.2 Å². The van der Waals surface area contributed by atoms with E-state index in [0.717, 1.165) is 47.4 Å². The summed E-state index contributed by atoms with van der Waals surface area (Å²) in [5.74, 6) is -2.13. The summed E-state index contributed by atoms with van der Waals surface area (Å²) in [5.41, 5.74) is 11.6. The molecule has 1 amide bonds. The molecule has 0 unspecified atom stereocenters. The van der Waals surface area contributed by atoms with Gasteiger partial charge in [0.15, 0.2) is 11.5 Å². The van der Waals surface area contributed by atoms with Crippen molar-refractivity contribution in [3.8, 4) is 10.6 Å². The van der Waals surface area contributed by atoms with Gasteiger partial charge in [0.2, 0.25) is 0 Å². The van der Waals surface area contributed by atoms with Crippen LogP contribution in [0.25, 0.3) is 10.6 Å². The van der Waals surface area contributed by atoms with Gasteiger partial charge in [0.05, 0.1) is 11.8 Å². The maximum atomic E-state index is 14.2. The Balaban J connectivity index is 1.65. The molecule has 1 saturated heterocycles. The Bertz CT molecular complexity index is 1160. The van der Waals surface area contributed by atoms with E-state index in [1.54, 1.807) is 0 Å². The Kier molecular flexibility index (Phi) is 7.03. The monoisotopic (exact) mass is 497 g/mol. The minimum atomic E-state index is -2.66. The van der Waals surface area contributed by atoms with Crippen LogP contribution in [0.2, 0.25) is 0 Å². The van der Waals surface area contributed by atoms with Crippen LogP contribution in [0.5, 0.6) is 0 Å². The minimum Gasteiger partial charge on any atom is -0.389 e. The van der Waals surface area contributed by atoms with Gasteiger partial charge in [0.1, 0.15) is 33.9 Å². The third-order valence-corrected chi connectivity index (χ3v) is 6.33. The van der Waals surface area contributed by atoms with E-state index in [9.17, 15) is 22.4 Å². The number of nitrogens with one attached hydrogen (secondary N) is 1. The number of halogens is 4. The Morgan fingerprint density at radius 1 is 1.26 bits per heavy atom. The molecule has 8 nitrogen and oxygen atoms in total. The van der Waals surface area contributed by atoms with E-state index in [-0.39, 0.29) is 33.0 Å². The van der Waals surface area contributed by atoms with Crippen LogP contribution in [0.15, 0.2) is 24.4 Å². The summed E-state index contributed by atoms with van der Waals surface area (Å²) in [5, 5.41) is 6.50. The van der Waals surface area contributed by atoms with Crippen molar-refractivity contribution in [1.29, 1.82) is 0 Å². The second kappa shape index (κ2) is 9.97. The van der Waals surface area contributed by atoms with Crippen LogP contribution in [-0.4, -0.2) is 46.2 Å². The van der Waals surface area contributed by atoms with E-state index >= 15 is 0 Å². The fourth-order valence-electron chi connectivity index (χ4n) is 3.92. The molecule has 182 valence electrons. The largest absolute Gasteiger partial charge is 0.389 e. The first kappa shape index (κ1) is 24.0. The van der Waals surface area contributed by atoms with Gasteiger partial charge >= 0.3 is 0 Å². The Morgan fingerprint density at radius 2 is 2.00 bits per heavy atom. The number of hydrogen-bond acceptors (Lipinski definition) is 7. The fourth-order valence-corrected chi connectivity index (χ4v) is 4.79. The SMILES string of the molecule is Nc1sc(-c2c(F)cccc2F)nc1C(=O)Nc1cnn(CC(F)F)c1N1CCCC[C@@H](N)C1. The number of benzene rings is 1. The zero-order chi connectivity index (χ0) is 24.4. The van der Waals surface area contributed by atoms with Gasteiger partial charge in [-0.2, -0.15) is 5.10 Å². The summed E-state index contributed by atoms with van der Waals surface area (Å²) >= 11 is 0.762. The second-order valence-electron chi connectivity index (χ2n) is 7.94. The summed E-state index contributed by atoms with van der Waals surface area (Å²) in [6, 6.07) is 3.20. The quantitative estimate of drug-likeness (QED) is 0.448. The summed E-state index contributed by atoms with van der Waals surface area (Å²) in [4.78, 5) is 18.9. The lowest BCUT2D eigenvalue weighted by Gasteiger charge is -2.26. The molecule has 13 heteroatoms. The predicted octanol–water partition coefficient (Wildman–Crippen LogP) is 3.70. The number of nitrogens with two attached hydrogens (primary N) is 2. The third-order valence-electron chi connectivity index (χ3n) is 5.42. The van der Waals surface area contributed by atoms with Crippen molar-refractivity contribution in [2.45, 2.75) is 38.3 Å². The number of rotatable bonds is 6. The zero-order valence-corrected chi connectivity index (χ0v) is 18.8. The molecule has 1 aromatic carbocycles. The molecule has 3 heterocycles. The average molecular weight is 498 g/mol. The highest BCUT2D eigenvalue weighted by Gasteiger charge is 2.27. The standard InChI is InChI=1S/C21H23F4N7OS/c22-12-5-3-6-13(23)16(12)20-30-17(18(27)34-20)19(33)29-14-8-28-32(10-15(24)25)21(14)31-7-2-1-4-11(26)9-31/h3,5-6,8,11,15H,1-2,4,7,9-10,26-27H2,(H,29,33)/t11-/m1/s1. The molecular formula is C21H23F4N7OS. The number of alkyl halides is 2. The Morgan fingerprint density at radius 3 is 2.71 bits per heavy atom. The first-order valence-corrected chi connectivity index (χ1v) is 11.4. The van der Waals surface area contributed by atoms with Crippen molar-refractivity contribution >= 4 is 33.8 Å². The van der Waals surface area contributed by atoms with Gasteiger partial charge in [0, 0.05) is 19.1 Å². The lowest BCUT2D eigenvalue weighted by atomic mass is 10.2. The number of hydrogen-bond donors (Lipinski definition) is 3. The Labute approximate surface area is 196 Å². The number of nitrogens with zero attached hydrogens (tertiary/aromatic N) is 4. The molecule has 0 bridgehead atoms. The highest BCUT2D eigenvalue weighted by Crippen LogP contribution is 2.35. The molecule has 3 aromatic rings. The van der Waals surface area contributed by atoms with Gasteiger partial charge in [-0.05, 0) is 25.0 Å². The average Bonchev–Trinajstić information content (AvgIpc) is 3.25. The van der Waals surface area contributed by atoms with Gasteiger partial charge < -0.3 is 21.7 Å². The smallest absolute Gasteiger partial charge is 0.277 e. The summed E-state index contributed by atoms with van der Waals surface area (Å²) in [7, 11) is 0. The first-order valence-electron chi connectivity index (χ1n) is 10.6. The molecule has 1 aliphatic heterocycles. The Hall–Kier alpha value is -3.19. The van der Waals surface area contributed by atoms with Crippen LogP contribution in [0.3, 0.4) is 0 Å². The van der Waals surface area contributed by atoms with Gasteiger partial charge in [0.25, 0.3) is 12.3 Å². The van der Waals surface area contributed by atoms with Crippen LogP contribution >= 0.6 is 11.3 Å². The summed E-state index contributed by atoms with van der Waals surface area (Å²) < 4.78 is 55.8. The first-order chi connectivity index (χ1) is 16.2. The van der Waals surface area contributed by atoms with Crippen molar-refractivity contribution in [2.24, 2.45) is 5.73 Å². The van der Waals surface area contributed by atoms with Crippen LogP contribution in [0.1, 0.15) is 29.8 Å². The number of thiazole rings is 1. The lowest BCUT2D eigenvalue weighted by molar-refractivity contribution is 0.102. The van der Waals surface area contributed by atoms with Gasteiger partial charge in [-0.1, -0.05) is 23.8 Å². The van der Waals surface area contributed by atoms with E-state index < -0.39 is 30.5 Å². The normalized spacial score (nSPS) is 16.6. The highest BCUT2D eigenvalue weighted by atomic mass is 32.1. The van der Waals surface area contributed by atoms with E-state index in [1.165, 1.54) is 12.3 Å². The molecule has 4 rings (SSSR count).